The first-order valence-electron chi connectivity index (χ1n) is 3.98. The molecule has 0 saturated heterocycles. The molecule has 0 aliphatic carbocycles. The highest BCUT2D eigenvalue weighted by Gasteiger charge is 2.37. The van der Waals surface area contributed by atoms with E-state index in [0.29, 0.717) is 6.07 Å². The summed E-state index contributed by atoms with van der Waals surface area (Å²) >= 11 is 5.27. The lowest BCUT2D eigenvalue weighted by Crippen LogP contribution is -2.15. The summed E-state index contributed by atoms with van der Waals surface area (Å²) in [5.74, 6) is -0.544. The lowest BCUT2D eigenvalue weighted by atomic mass is 10.1. The van der Waals surface area contributed by atoms with Crippen molar-refractivity contribution in [3.8, 4) is 0 Å². The second-order valence-corrected chi connectivity index (χ2v) is 3.16. The van der Waals surface area contributed by atoms with Gasteiger partial charge in [0.25, 0.3) is 6.43 Å². The number of nitrogen functional groups attached to an aromatic ring is 1. The fourth-order valence-corrected chi connectivity index (χ4v) is 1.38. The third-order valence-electron chi connectivity index (χ3n) is 1.80. The molecule has 0 spiro atoms. The fourth-order valence-electron chi connectivity index (χ4n) is 1.10. The molecule has 90 valence electrons. The Morgan fingerprint density at radius 1 is 1.38 bits per heavy atom. The largest absolute Gasteiger partial charge is 0.433 e. The van der Waals surface area contributed by atoms with Gasteiger partial charge in [-0.3, -0.25) is 0 Å². The van der Waals surface area contributed by atoms with Gasteiger partial charge in [-0.25, -0.2) is 13.8 Å². The molecule has 2 N–H and O–H groups in total. The number of nitrogens with two attached hydrogens (primary N) is 1. The number of anilines is 1. The van der Waals surface area contributed by atoms with Crippen molar-refractivity contribution in [2.24, 2.45) is 0 Å². The average Bonchev–Trinajstić information content (AvgIpc) is 2.14. The molecular formula is C8H6ClF5N2. The third kappa shape index (κ3) is 2.52. The Bertz CT molecular complexity index is 391. The Balaban J connectivity index is 3.43. The van der Waals surface area contributed by atoms with Gasteiger partial charge in [-0.05, 0) is 6.07 Å². The molecule has 1 aromatic rings. The van der Waals surface area contributed by atoms with Crippen LogP contribution in [0, 0.1) is 0 Å². The maximum Gasteiger partial charge on any atom is 0.433 e. The van der Waals surface area contributed by atoms with Gasteiger partial charge in [0.1, 0.15) is 5.69 Å². The molecule has 0 amide bonds. The van der Waals surface area contributed by atoms with Crippen molar-refractivity contribution in [3.63, 3.8) is 0 Å². The second kappa shape index (κ2) is 4.40. The van der Waals surface area contributed by atoms with Crippen LogP contribution in [0.1, 0.15) is 23.4 Å². The van der Waals surface area contributed by atoms with Crippen LogP contribution < -0.4 is 5.73 Å². The van der Waals surface area contributed by atoms with E-state index in [-0.39, 0.29) is 0 Å². The van der Waals surface area contributed by atoms with Crippen LogP contribution in [0.2, 0.25) is 0 Å². The van der Waals surface area contributed by atoms with Gasteiger partial charge in [0, 0.05) is 11.3 Å². The highest BCUT2D eigenvalue weighted by molar-refractivity contribution is 6.17. The normalized spacial score (nSPS) is 12.2. The van der Waals surface area contributed by atoms with E-state index in [1.54, 1.807) is 0 Å². The summed E-state index contributed by atoms with van der Waals surface area (Å²) in [6, 6.07) is 0.692. The molecule has 2 nitrogen and oxygen atoms in total. The van der Waals surface area contributed by atoms with Gasteiger partial charge in [-0.2, -0.15) is 13.2 Å². The van der Waals surface area contributed by atoms with Crippen molar-refractivity contribution >= 4 is 17.3 Å². The smallest absolute Gasteiger partial charge is 0.398 e. The van der Waals surface area contributed by atoms with Crippen molar-refractivity contribution < 1.29 is 22.0 Å². The van der Waals surface area contributed by atoms with E-state index in [1.165, 1.54) is 0 Å². The average molecular weight is 261 g/mol. The van der Waals surface area contributed by atoms with Crippen molar-refractivity contribution in [1.82, 2.24) is 4.98 Å². The standard InChI is InChI=1S/C8H6ClF5N2/c9-2-3-4(15)1-5(7(10)11)16-6(3)8(12,13)14/h1,7H,2H2,(H2,15,16). The summed E-state index contributed by atoms with van der Waals surface area (Å²) in [5.41, 5.74) is 1.81. The fraction of sp³-hybridized carbons (Fsp3) is 0.375. The summed E-state index contributed by atoms with van der Waals surface area (Å²) in [6.45, 7) is 0. The molecule has 1 heterocycles. The van der Waals surface area contributed by atoms with Crippen LogP contribution in [0.5, 0.6) is 0 Å². The van der Waals surface area contributed by atoms with Crippen LogP contribution in [0.4, 0.5) is 27.6 Å². The molecule has 0 unspecified atom stereocenters. The molecule has 0 bridgehead atoms. The molecule has 0 saturated carbocycles. The van der Waals surface area contributed by atoms with Crippen molar-refractivity contribution in [3.05, 3.63) is 23.0 Å². The lowest BCUT2D eigenvalue weighted by molar-refractivity contribution is -0.141. The predicted octanol–water partition coefficient (Wildman–Crippen LogP) is 3.36. The van der Waals surface area contributed by atoms with E-state index >= 15 is 0 Å². The van der Waals surface area contributed by atoms with Gasteiger partial charge in [-0.15, -0.1) is 11.6 Å². The molecule has 8 heteroatoms. The molecule has 1 rings (SSSR count). The van der Waals surface area contributed by atoms with Crippen molar-refractivity contribution in [2.45, 2.75) is 18.5 Å². The number of hydrogen-bond donors (Lipinski definition) is 1. The Labute approximate surface area is 92.2 Å². The maximum absolute atomic E-state index is 12.4. The van der Waals surface area contributed by atoms with Crippen LogP contribution in [-0.4, -0.2) is 4.98 Å². The number of alkyl halides is 6. The molecule has 16 heavy (non-hydrogen) atoms. The first kappa shape index (κ1) is 13.0. The number of halogens is 6. The Kier molecular flexibility index (Phi) is 3.57. The van der Waals surface area contributed by atoms with Crippen LogP contribution in [0.25, 0.3) is 0 Å². The van der Waals surface area contributed by atoms with Gasteiger partial charge in [0.2, 0.25) is 0 Å². The minimum Gasteiger partial charge on any atom is -0.398 e. The predicted molar refractivity (Wildman–Crippen MR) is 48.2 cm³/mol. The minimum atomic E-state index is -4.86. The zero-order valence-electron chi connectivity index (χ0n) is 7.65. The van der Waals surface area contributed by atoms with Gasteiger partial charge in [-0.1, -0.05) is 0 Å². The molecular weight excluding hydrogens is 255 g/mol. The van der Waals surface area contributed by atoms with E-state index in [9.17, 15) is 22.0 Å². The summed E-state index contributed by atoms with van der Waals surface area (Å²) in [4.78, 5) is 2.84. The molecule has 1 aromatic heterocycles. The van der Waals surface area contributed by atoms with Crippen LogP contribution >= 0.6 is 11.6 Å². The molecule has 0 radical (unpaired) electrons. The molecule has 0 atom stereocenters. The van der Waals surface area contributed by atoms with Gasteiger partial charge in [0.15, 0.2) is 5.69 Å². The highest BCUT2D eigenvalue weighted by atomic mass is 35.5. The Morgan fingerprint density at radius 2 is 1.94 bits per heavy atom. The summed E-state index contributed by atoms with van der Waals surface area (Å²) in [6.07, 6.45) is -7.98. The topological polar surface area (TPSA) is 38.9 Å². The van der Waals surface area contributed by atoms with Gasteiger partial charge < -0.3 is 5.73 Å². The first-order chi connectivity index (χ1) is 7.27. The first-order valence-corrected chi connectivity index (χ1v) is 4.51. The molecule has 0 fully saturated rings. The van der Waals surface area contributed by atoms with Crippen molar-refractivity contribution in [2.75, 3.05) is 5.73 Å². The van der Waals surface area contributed by atoms with Crippen molar-refractivity contribution in [1.29, 1.82) is 0 Å². The number of rotatable bonds is 2. The van der Waals surface area contributed by atoms with E-state index in [1.807, 2.05) is 0 Å². The summed E-state index contributed by atoms with van der Waals surface area (Å²) in [5, 5.41) is 0. The van der Waals surface area contributed by atoms with Crippen LogP contribution in [-0.2, 0) is 12.1 Å². The zero-order chi connectivity index (χ0) is 12.5. The number of nitrogens with zero attached hydrogens (tertiary/aromatic N) is 1. The minimum absolute atomic E-state index is 0.437. The lowest BCUT2D eigenvalue weighted by Gasteiger charge is -2.14. The second-order valence-electron chi connectivity index (χ2n) is 2.90. The number of hydrogen-bond acceptors (Lipinski definition) is 2. The number of aromatic nitrogens is 1. The zero-order valence-corrected chi connectivity index (χ0v) is 8.41. The molecule has 0 aromatic carbocycles. The van der Waals surface area contributed by atoms with E-state index < -0.39 is 41.1 Å². The monoisotopic (exact) mass is 260 g/mol. The van der Waals surface area contributed by atoms with Crippen LogP contribution in [0.15, 0.2) is 6.07 Å². The Hall–Kier alpha value is -1.11. The molecule has 0 aliphatic heterocycles. The van der Waals surface area contributed by atoms with Crippen LogP contribution in [0.3, 0.4) is 0 Å². The van der Waals surface area contributed by atoms with E-state index in [4.69, 9.17) is 17.3 Å². The van der Waals surface area contributed by atoms with Gasteiger partial charge in [0.05, 0.1) is 5.88 Å². The van der Waals surface area contributed by atoms with E-state index in [0.717, 1.165) is 0 Å². The maximum atomic E-state index is 12.4. The third-order valence-corrected chi connectivity index (χ3v) is 2.07. The van der Waals surface area contributed by atoms with E-state index in [2.05, 4.69) is 4.98 Å². The highest BCUT2D eigenvalue weighted by Crippen LogP contribution is 2.35. The number of pyridine rings is 1. The SMILES string of the molecule is Nc1cc(C(F)F)nc(C(F)(F)F)c1CCl. The quantitative estimate of drug-likeness (QED) is 0.654. The Morgan fingerprint density at radius 3 is 2.31 bits per heavy atom. The van der Waals surface area contributed by atoms with Gasteiger partial charge >= 0.3 is 6.18 Å². The molecule has 0 aliphatic rings. The summed E-state index contributed by atoms with van der Waals surface area (Å²) in [7, 11) is 0. The summed E-state index contributed by atoms with van der Waals surface area (Å²) < 4.78 is 61.8.